The molecule has 0 atom stereocenters. The van der Waals surface area contributed by atoms with Gasteiger partial charge in [-0.05, 0) is 18.1 Å². The molecule has 1 aromatic rings. The summed E-state index contributed by atoms with van der Waals surface area (Å²) in [7, 11) is 3.25. The van der Waals surface area contributed by atoms with Crippen LogP contribution in [0.25, 0.3) is 0 Å². The fourth-order valence-corrected chi connectivity index (χ4v) is 2.69. The molecule has 1 aliphatic heterocycles. The number of hydrogen-bond acceptors (Lipinski definition) is 3. The molecule has 1 heterocycles. The molecule has 4 nitrogen and oxygen atoms in total. The van der Waals surface area contributed by atoms with E-state index in [9.17, 15) is 9.18 Å². The summed E-state index contributed by atoms with van der Waals surface area (Å²) in [4.78, 5) is 14.0. The Morgan fingerprint density at radius 3 is 2.43 bits per heavy atom. The number of methoxy groups -OCH3 is 2. The summed E-state index contributed by atoms with van der Waals surface area (Å²) >= 11 is 0. The SMILES string of the molecule is COC1(OC)CCN(C(=O)CCc2ccccc2F)CC1. The summed E-state index contributed by atoms with van der Waals surface area (Å²) in [6.45, 7) is 1.22. The first-order chi connectivity index (χ1) is 10.1. The zero-order valence-corrected chi connectivity index (χ0v) is 12.6. The monoisotopic (exact) mass is 295 g/mol. The van der Waals surface area contributed by atoms with Crippen LogP contribution in [0.15, 0.2) is 24.3 Å². The Kier molecular flexibility index (Phi) is 5.31. The van der Waals surface area contributed by atoms with Crippen molar-refractivity contribution in [3.63, 3.8) is 0 Å². The highest BCUT2D eigenvalue weighted by Crippen LogP contribution is 2.26. The van der Waals surface area contributed by atoms with E-state index in [0.29, 0.717) is 44.3 Å². The first-order valence-electron chi connectivity index (χ1n) is 7.22. The average molecular weight is 295 g/mol. The molecule has 0 N–H and O–H groups in total. The number of amides is 1. The van der Waals surface area contributed by atoms with Crippen molar-refractivity contribution < 1.29 is 18.7 Å². The first-order valence-corrected chi connectivity index (χ1v) is 7.22. The summed E-state index contributed by atoms with van der Waals surface area (Å²) in [5, 5.41) is 0. The van der Waals surface area contributed by atoms with Crippen LogP contribution in [0, 0.1) is 5.82 Å². The van der Waals surface area contributed by atoms with E-state index < -0.39 is 5.79 Å². The molecule has 0 unspecified atom stereocenters. The van der Waals surface area contributed by atoms with Gasteiger partial charge in [0.05, 0.1) is 0 Å². The van der Waals surface area contributed by atoms with E-state index in [1.54, 1.807) is 37.3 Å². The molecular weight excluding hydrogens is 273 g/mol. The maximum Gasteiger partial charge on any atom is 0.222 e. The predicted octanol–water partition coefficient (Wildman–Crippen LogP) is 2.37. The standard InChI is InChI=1S/C16H22FNO3/c1-20-16(21-2)9-11-18(12-10-16)15(19)8-7-13-5-3-4-6-14(13)17/h3-6H,7-12H2,1-2H3. The van der Waals surface area contributed by atoms with Crippen molar-refractivity contribution in [1.29, 1.82) is 0 Å². The molecule has 0 saturated carbocycles. The van der Waals surface area contributed by atoms with Gasteiger partial charge in [0.1, 0.15) is 5.82 Å². The second kappa shape index (κ2) is 7.00. The Morgan fingerprint density at radius 1 is 1.24 bits per heavy atom. The number of rotatable bonds is 5. The van der Waals surface area contributed by atoms with Crippen LogP contribution in [0.1, 0.15) is 24.8 Å². The van der Waals surface area contributed by atoms with E-state index in [4.69, 9.17) is 9.47 Å². The number of benzene rings is 1. The van der Waals surface area contributed by atoms with E-state index >= 15 is 0 Å². The molecule has 0 bridgehead atoms. The zero-order valence-electron chi connectivity index (χ0n) is 12.6. The summed E-state index contributed by atoms with van der Waals surface area (Å²) in [5.74, 6) is -0.761. The highest BCUT2D eigenvalue weighted by molar-refractivity contribution is 5.76. The molecule has 1 aliphatic rings. The van der Waals surface area contributed by atoms with Crippen LogP contribution >= 0.6 is 0 Å². The van der Waals surface area contributed by atoms with E-state index in [1.165, 1.54) is 6.07 Å². The number of likely N-dealkylation sites (tertiary alicyclic amines) is 1. The average Bonchev–Trinajstić information content (AvgIpc) is 2.54. The number of halogens is 1. The number of carbonyl (C=O) groups is 1. The number of aryl methyl sites for hydroxylation is 1. The van der Waals surface area contributed by atoms with Crippen molar-refractivity contribution in [3.8, 4) is 0 Å². The lowest BCUT2D eigenvalue weighted by Crippen LogP contribution is -2.48. The molecule has 2 rings (SSSR count). The van der Waals surface area contributed by atoms with Crippen molar-refractivity contribution in [3.05, 3.63) is 35.6 Å². The topological polar surface area (TPSA) is 38.8 Å². The summed E-state index contributed by atoms with van der Waals surface area (Å²) in [5.41, 5.74) is 0.589. The smallest absolute Gasteiger partial charge is 0.222 e. The van der Waals surface area contributed by atoms with Crippen molar-refractivity contribution in [1.82, 2.24) is 4.90 Å². The summed E-state index contributed by atoms with van der Waals surface area (Å²) in [6.07, 6.45) is 2.08. The minimum Gasteiger partial charge on any atom is -0.353 e. The van der Waals surface area contributed by atoms with Crippen LogP contribution in [-0.2, 0) is 20.7 Å². The molecule has 1 aromatic carbocycles. The predicted molar refractivity (Wildman–Crippen MR) is 77.3 cm³/mol. The van der Waals surface area contributed by atoms with Gasteiger partial charge in [-0.25, -0.2) is 4.39 Å². The number of piperidine rings is 1. The third kappa shape index (κ3) is 3.80. The van der Waals surface area contributed by atoms with Gasteiger partial charge in [-0.15, -0.1) is 0 Å². The van der Waals surface area contributed by atoms with Crippen LogP contribution in [-0.4, -0.2) is 43.9 Å². The molecule has 0 radical (unpaired) electrons. The van der Waals surface area contributed by atoms with Crippen LogP contribution < -0.4 is 0 Å². The maximum atomic E-state index is 13.5. The molecule has 0 aliphatic carbocycles. The van der Waals surface area contributed by atoms with Crippen LogP contribution in [0.5, 0.6) is 0 Å². The highest BCUT2D eigenvalue weighted by atomic mass is 19.1. The van der Waals surface area contributed by atoms with E-state index in [2.05, 4.69) is 0 Å². The van der Waals surface area contributed by atoms with Gasteiger partial charge in [0.15, 0.2) is 5.79 Å². The van der Waals surface area contributed by atoms with Crippen molar-refractivity contribution in [2.24, 2.45) is 0 Å². The Bertz CT molecular complexity index is 478. The molecule has 1 fully saturated rings. The third-order valence-electron chi connectivity index (χ3n) is 4.19. The molecule has 116 valence electrons. The third-order valence-corrected chi connectivity index (χ3v) is 4.19. The Hall–Kier alpha value is -1.46. The van der Waals surface area contributed by atoms with Gasteiger partial charge in [0, 0.05) is 46.6 Å². The molecule has 0 aromatic heterocycles. The molecule has 0 spiro atoms. The normalized spacial score (nSPS) is 17.8. The molecule has 5 heteroatoms. The van der Waals surface area contributed by atoms with Gasteiger partial charge < -0.3 is 14.4 Å². The minimum absolute atomic E-state index is 0.0547. The van der Waals surface area contributed by atoms with Crippen LogP contribution in [0.2, 0.25) is 0 Å². The fourth-order valence-electron chi connectivity index (χ4n) is 2.69. The summed E-state index contributed by atoms with van der Waals surface area (Å²) < 4.78 is 24.3. The lowest BCUT2D eigenvalue weighted by atomic mass is 10.0. The number of ether oxygens (including phenoxy) is 2. The number of hydrogen-bond donors (Lipinski definition) is 0. The Morgan fingerprint density at radius 2 is 1.86 bits per heavy atom. The Balaban J connectivity index is 1.84. The van der Waals surface area contributed by atoms with Gasteiger partial charge in [0.25, 0.3) is 0 Å². The first kappa shape index (κ1) is 15.9. The minimum atomic E-state index is -0.567. The molecule has 1 saturated heterocycles. The number of carbonyl (C=O) groups excluding carboxylic acids is 1. The molecule has 1 amide bonds. The van der Waals surface area contributed by atoms with E-state index in [-0.39, 0.29) is 11.7 Å². The van der Waals surface area contributed by atoms with Gasteiger partial charge in [-0.3, -0.25) is 4.79 Å². The fraction of sp³-hybridized carbons (Fsp3) is 0.562. The lowest BCUT2D eigenvalue weighted by Gasteiger charge is -2.39. The lowest BCUT2D eigenvalue weighted by molar-refractivity contribution is -0.228. The Labute approximate surface area is 124 Å². The maximum absolute atomic E-state index is 13.5. The highest BCUT2D eigenvalue weighted by Gasteiger charge is 2.35. The molecular formula is C16H22FNO3. The van der Waals surface area contributed by atoms with E-state index in [1.807, 2.05) is 0 Å². The second-order valence-corrected chi connectivity index (χ2v) is 5.29. The second-order valence-electron chi connectivity index (χ2n) is 5.29. The van der Waals surface area contributed by atoms with Gasteiger partial charge >= 0.3 is 0 Å². The van der Waals surface area contributed by atoms with Crippen molar-refractivity contribution in [2.45, 2.75) is 31.5 Å². The van der Waals surface area contributed by atoms with Crippen LogP contribution in [0.4, 0.5) is 4.39 Å². The zero-order chi connectivity index (χ0) is 15.3. The van der Waals surface area contributed by atoms with Crippen molar-refractivity contribution in [2.75, 3.05) is 27.3 Å². The van der Waals surface area contributed by atoms with Crippen LogP contribution in [0.3, 0.4) is 0 Å². The molecule has 21 heavy (non-hydrogen) atoms. The van der Waals surface area contributed by atoms with E-state index in [0.717, 1.165) is 0 Å². The quantitative estimate of drug-likeness (QED) is 0.783. The number of nitrogens with zero attached hydrogens (tertiary/aromatic N) is 1. The summed E-state index contributed by atoms with van der Waals surface area (Å²) in [6, 6.07) is 6.58. The van der Waals surface area contributed by atoms with Crippen molar-refractivity contribution >= 4 is 5.91 Å². The van der Waals surface area contributed by atoms with Gasteiger partial charge in [-0.1, -0.05) is 18.2 Å². The largest absolute Gasteiger partial charge is 0.353 e. The van der Waals surface area contributed by atoms with Gasteiger partial charge in [-0.2, -0.15) is 0 Å². The van der Waals surface area contributed by atoms with Gasteiger partial charge in [0.2, 0.25) is 5.91 Å².